The van der Waals surface area contributed by atoms with Crippen molar-refractivity contribution >= 4 is 27.5 Å². The van der Waals surface area contributed by atoms with E-state index in [4.69, 9.17) is 0 Å². The van der Waals surface area contributed by atoms with Gasteiger partial charge in [0.25, 0.3) is 11.6 Å². The molecule has 1 aromatic heterocycles. The lowest BCUT2D eigenvalue weighted by atomic mass is 9.90. The van der Waals surface area contributed by atoms with Gasteiger partial charge in [-0.05, 0) is 11.8 Å². The average Bonchev–Trinajstić information content (AvgIpc) is 2.66. The van der Waals surface area contributed by atoms with Crippen molar-refractivity contribution in [1.29, 1.82) is 0 Å². The fourth-order valence-corrected chi connectivity index (χ4v) is 3.04. The van der Waals surface area contributed by atoms with E-state index in [0.717, 1.165) is 6.42 Å². The van der Waals surface area contributed by atoms with Gasteiger partial charge in [-0.3, -0.25) is 14.9 Å². The Bertz CT molecular complexity index is 505. The minimum atomic E-state index is -0.510. The van der Waals surface area contributed by atoms with E-state index in [2.05, 4.69) is 42.0 Å². The van der Waals surface area contributed by atoms with E-state index < -0.39 is 4.92 Å². The maximum Gasteiger partial charge on any atom is 0.287 e. The molecule has 20 heavy (non-hydrogen) atoms. The first-order chi connectivity index (χ1) is 9.10. The first-order valence-corrected chi connectivity index (χ1v) is 7.25. The number of nitro groups is 1. The second-order valence-corrected chi connectivity index (χ2v) is 7.32. The maximum atomic E-state index is 12.0. The van der Waals surface area contributed by atoms with Crippen molar-refractivity contribution in [2.45, 2.75) is 32.0 Å². The highest BCUT2D eigenvalue weighted by atomic mass is 79.9. The Balaban J connectivity index is 2.61. The van der Waals surface area contributed by atoms with E-state index in [1.165, 1.54) is 16.8 Å². The molecule has 0 aliphatic heterocycles. The summed E-state index contributed by atoms with van der Waals surface area (Å²) >= 11 is 3.53. The molecule has 0 bridgehead atoms. The summed E-state index contributed by atoms with van der Waals surface area (Å²) in [6, 6.07) is 1.28. The van der Waals surface area contributed by atoms with E-state index in [1.807, 2.05) is 0 Å². The second kappa shape index (κ2) is 6.39. The number of rotatable bonds is 5. The quantitative estimate of drug-likeness (QED) is 0.506. The summed E-state index contributed by atoms with van der Waals surface area (Å²) in [5.41, 5.74) is 0.373. The SMILES string of the molecule is Cn1cc([N+](=O)[O-])cc1C(=O)NCC(Br)CC(C)(C)C. The normalized spacial score (nSPS) is 13.1. The fraction of sp³-hybridized carbons (Fsp3) is 0.615. The summed E-state index contributed by atoms with van der Waals surface area (Å²) in [4.78, 5) is 22.3. The Labute approximate surface area is 126 Å². The summed E-state index contributed by atoms with van der Waals surface area (Å²) in [6.07, 6.45) is 2.25. The van der Waals surface area contributed by atoms with Crippen LogP contribution in [0.2, 0.25) is 0 Å². The van der Waals surface area contributed by atoms with E-state index in [9.17, 15) is 14.9 Å². The third-order valence-electron chi connectivity index (χ3n) is 2.75. The Kier molecular flexibility index (Phi) is 5.33. The molecule has 1 unspecified atom stereocenters. The van der Waals surface area contributed by atoms with Crippen molar-refractivity contribution in [3.8, 4) is 0 Å². The van der Waals surface area contributed by atoms with Crippen LogP contribution in [0.5, 0.6) is 0 Å². The molecule has 1 N–H and O–H groups in total. The number of nitrogens with zero attached hydrogens (tertiary/aromatic N) is 2. The number of nitrogens with one attached hydrogen (secondary N) is 1. The number of aromatic nitrogens is 1. The van der Waals surface area contributed by atoms with Gasteiger partial charge in [-0.1, -0.05) is 36.7 Å². The largest absolute Gasteiger partial charge is 0.350 e. The van der Waals surface area contributed by atoms with Crippen LogP contribution in [0.25, 0.3) is 0 Å². The lowest BCUT2D eigenvalue weighted by molar-refractivity contribution is -0.384. The summed E-state index contributed by atoms with van der Waals surface area (Å²) in [5, 5.41) is 13.5. The van der Waals surface area contributed by atoms with Crippen molar-refractivity contribution in [1.82, 2.24) is 9.88 Å². The summed E-state index contributed by atoms with van der Waals surface area (Å²) in [6.45, 7) is 6.87. The predicted octanol–water partition coefficient (Wildman–Crippen LogP) is 2.86. The molecule has 0 aliphatic carbocycles. The minimum Gasteiger partial charge on any atom is -0.350 e. The van der Waals surface area contributed by atoms with Gasteiger partial charge in [0.1, 0.15) is 5.69 Å². The molecular weight excluding hydrogens is 326 g/mol. The van der Waals surface area contributed by atoms with Gasteiger partial charge in [-0.15, -0.1) is 0 Å². The first-order valence-electron chi connectivity index (χ1n) is 6.33. The number of carbonyl (C=O) groups excluding carboxylic acids is 1. The van der Waals surface area contributed by atoms with Gasteiger partial charge in [-0.25, -0.2) is 0 Å². The van der Waals surface area contributed by atoms with E-state index in [0.29, 0.717) is 6.54 Å². The zero-order chi connectivity index (χ0) is 15.5. The summed E-state index contributed by atoms with van der Waals surface area (Å²) in [7, 11) is 1.61. The van der Waals surface area contributed by atoms with Gasteiger partial charge >= 0.3 is 0 Å². The molecule has 1 atom stereocenters. The molecule has 1 rings (SSSR count). The van der Waals surface area contributed by atoms with Crippen molar-refractivity contribution in [2.24, 2.45) is 12.5 Å². The standard InChI is InChI=1S/C13H20BrN3O3/c1-13(2,3)6-9(14)7-15-12(18)11-5-10(17(19)20)8-16(11)4/h5,8-9H,6-7H2,1-4H3,(H,15,18). The van der Waals surface area contributed by atoms with Crippen LogP contribution in [0.4, 0.5) is 5.69 Å². The molecule has 0 aromatic carbocycles. The molecule has 1 heterocycles. The highest BCUT2D eigenvalue weighted by molar-refractivity contribution is 9.09. The lowest BCUT2D eigenvalue weighted by Gasteiger charge is -2.22. The molecule has 0 radical (unpaired) electrons. The van der Waals surface area contributed by atoms with Crippen molar-refractivity contribution in [3.63, 3.8) is 0 Å². The Morgan fingerprint density at radius 3 is 2.60 bits per heavy atom. The highest BCUT2D eigenvalue weighted by Gasteiger charge is 2.20. The van der Waals surface area contributed by atoms with Crippen molar-refractivity contribution in [2.75, 3.05) is 6.54 Å². The summed E-state index contributed by atoms with van der Waals surface area (Å²) in [5.74, 6) is -0.307. The van der Waals surface area contributed by atoms with Gasteiger partial charge in [0.2, 0.25) is 0 Å². The molecule has 112 valence electrons. The van der Waals surface area contributed by atoms with Gasteiger partial charge in [0.05, 0.1) is 11.1 Å². The number of amides is 1. The molecule has 0 saturated heterocycles. The zero-order valence-corrected chi connectivity index (χ0v) is 13.7. The van der Waals surface area contributed by atoms with Crippen LogP contribution < -0.4 is 5.32 Å². The number of halogens is 1. The van der Waals surface area contributed by atoms with Gasteiger partial charge < -0.3 is 9.88 Å². The van der Waals surface area contributed by atoms with E-state index in [1.54, 1.807) is 7.05 Å². The Hall–Kier alpha value is -1.37. The molecule has 6 nitrogen and oxygen atoms in total. The molecular formula is C13H20BrN3O3. The van der Waals surface area contributed by atoms with Crippen molar-refractivity contribution < 1.29 is 9.72 Å². The minimum absolute atomic E-state index is 0.0808. The topological polar surface area (TPSA) is 77.2 Å². The molecule has 1 amide bonds. The van der Waals surface area contributed by atoms with Crippen LogP contribution in [-0.4, -0.2) is 26.8 Å². The first kappa shape index (κ1) is 16.7. The van der Waals surface area contributed by atoms with Crippen LogP contribution in [0, 0.1) is 15.5 Å². The molecule has 0 aliphatic rings. The summed E-state index contributed by atoms with van der Waals surface area (Å²) < 4.78 is 1.46. The van der Waals surface area contributed by atoms with Crippen LogP contribution in [0.3, 0.4) is 0 Å². The monoisotopic (exact) mass is 345 g/mol. The number of aryl methyl sites for hydroxylation is 1. The van der Waals surface area contributed by atoms with Crippen LogP contribution >= 0.6 is 15.9 Å². The van der Waals surface area contributed by atoms with Crippen LogP contribution in [0.1, 0.15) is 37.7 Å². The predicted molar refractivity (Wildman–Crippen MR) is 81.2 cm³/mol. The van der Waals surface area contributed by atoms with Crippen LogP contribution in [-0.2, 0) is 7.05 Å². The van der Waals surface area contributed by atoms with Gasteiger partial charge in [0.15, 0.2) is 0 Å². The number of hydrogen-bond acceptors (Lipinski definition) is 3. The lowest BCUT2D eigenvalue weighted by Crippen LogP contribution is -2.32. The van der Waals surface area contributed by atoms with Gasteiger partial charge in [0, 0.05) is 24.5 Å². The molecule has 1 aromatic rings. The number of carbonyl (C=O) groups is 1. The molecule has 7 heteroatoms. The third-order valence-corrected chi connectivity index (χ3v) is 3.40. The van der Waals surface area contributed by atoms with Crippen LogP contribution in [0.15, 0.2) is 12.3 Å². The van der Waals surface area contributed by atoms with Gasteiger partial charge in [-0.2, -0.15) is 0 Å². The average molecular weight is 346 g/mol. The number of hydrogen-bond donors (Lipinski definition) is 1. The zero-order valence-electron chi connectivity index (χ0n) is 12.1. The third kappa shape index (κ3) is 4.96. The molecule has 0 spiro atoms. The maximum absolute atomic E-state index is 12.0. The Morgan fingerprint density at radius 1 is 1.55 bits per heavy atom. The smallest absolute Gasteiger partial charge is 0.287 e. The van der Waals surface area contributed by atoms with Crippen molar-refractivity contribution in [3.05, 3.63) is 28.1 Å². The van der Waals surface area contributed by atoms with E-state index in [-0.39, 0.29) is 27.5 Å². The number of alkyl halides is 1. The van der Waals surface area contributed by atoms with E-state index >= 15 is 0 Å². The molecule has 0 saturated carbocycles. The second-order valence-electron chi connectivity index (χ2n) is 6.02. The molecule has 0 fully saturated rings. The highest BCUT2D eigenvalue weighted by Crippen LogP contribution is 2.24. The Morgan fingerprint density at radius 2 is 2.15 bits per heavy atom. The fourth-order valence-electron chi connectivity index (χ4n) is 1.90.